The van der Waals surface area contributed by atoms with Gasteiger partial charge in [0.15, 0.2) is 0 Å². The summed E-state index contributed by atoms with van der Waals surface area (Å²) in [6.07, 6.45) is 3.06. The summed E-state index contributed by atoms with van der Waals surface area (Å²) in [5, 5.41) is 30.0. The van der Waals surface area contributed by atoms with E-state index in [0.29, 0.717) is 73.2 Å². The summed E-state index contributed by atoms with van der Waals surface area (Å²) < 4.78 is 17.0. The average Bonchev–Trinajstić information content (AvgIpc) is 3.60. The quantitative estimate of drug-likeness (QED) is 0.150. The lowest BCUT2D eigenvalue weighted by Gasteiger charge is -2.56. The molecule has 4 N–H and O–H groups in total. The van der Waals surface area contributed by atoms with Gasteiger partial charge < -0.3 is 20.8 Å². The molecule has 3 fully saturated rings. The summed E-state index contributed by atoms with van der Waals surface area (Å²) in [5.41, 5.74) is 0.0177. The molecule has 1 saturated heterocycles. The van der Waals surface area contributed by atoms with Crippen molar-refractivity contribution in [1.29, 1.82) is 0 Å². The molecule has 2 spiro atoms. The first-order chi connectivity index (χ1) is 26.4. The number of carbonyl (C=O) groups excluding carboxylic acids is 2. The summed E-state index contributed by atoms with van der Waals surface area (Å²) in [7, 11) is 0. The molecule has 2 saturated carbocycles. The standard InChI is InChI=1S/C45H48Cl2FN3O4/c1-43(2)22-24-44(25-23-43)45(33-21-16-29(46)26-35(33)50-42(45)55)36(32-14-9-15-34(47)37(32)48)39(41(54)49-30-17-19-31(52)20-18-30)51(44)38(27-10-5-3-6-11-27)40(53)28-12-7-4-8-13-28/h3-16,21,26,30-31,36,38-40,52-53H,17-20,22-25H2,1-2H3,(H,49,54)(H,50,55)/t30-,31-,36-,38+,39+,40-,45+/m0/s1. The fraction of sp³-hybridized carbons (Fsp3) is 0.422. The lowest BCUT2D eigenvalue weighted by Crippen LogP contribution is -2.64. The maximum Gasteiger partial charge on any atom is 0.238 e. The summed E-state index contributed by atoms with van der Waals surface area (Å²) in [4.78, 5) is 33.3. The van der Waals surface area contributed by atoms with Crippen LogP contribution in [-0.2, 0) is 15.0 Å². The maximum absolute atomic E-state index is 17.0. The highest BCUT2D eigenvalue weighted by atomic mass is 35.5. The topological polar surface area (TPSA) is 102 Å². The van der Waals surface area contributed by atoms with Gasteiger partial charge in [0.05, 0.1) is 29.3 Å². The van der Waals surface area contributed by atoms with Crippen molar-refractivity contribution in [2.75, 3.05) is 5.32 Å². The molecule has 4 aliphatic rings. The third-order valence-electron chi connectivity index (χ3n) is 13.3. The number of rotatable bonds is 7. The highest BCUT2D eigenvalue weighted by Gasteiger charge is 2.77. The SMILES string of the molecule is CC1(C)CCC2(CC1)N([C@H](c1ccccc1)[C@@H](O)c1ccccc1)[C@@H](C(=O)N[C@H]1CC[C@H](O)CC1)[C@H](c1cccc(Cl)c1F)[C@]21C(=O)Nc2cc(Cl)ccc21. The number of amides is 2. The van der Waals surface area contributed by atoms with Crippen LogP contribution in [-0.4, -0.2) is 50.7 Å². The lowest BCUT2D eigenvalue weighted by molar-refractivity contribution is -0.137. The lowest BCUT2D eigenvalue weighted by atomic mass is 9.53. The van der Waals surface area contributed by atoms with Gasteiger partial charge in [0, 0.05) is 28.2 Å². The Balaban J connectivity index is 1.47. The van der Waals surface area contributed by atoms with E-state index in [-0.39, 0.29) is 33.9 Å². The van der Waals surface area contributed by atoms with Crippen LogP contribution in [0.5, 0.6) is 0 Å². The molecule has 2 heterocycles. The molecule has 7 nitrogen and oxygen atoms in total. The summed E-state index contributed by atoms with van der Waals surface area (Å²) >= 11 is 13.2. The number of nitrogens with zero attached hydrogens (tertiary/aromatic N) is 1. The monoisotopic (exact) mass is 783 g/mol. The molecular weight excluding hydrogens is 736 g/mol. The molecule has 10 heteroatoms. The molecule has 2 aliphatic heterocycles. The number of anilines is 1. The van der Waals surface area contributed by atoms with Gasteiger partial charge in [-0.25, -0.2) is 4.39 Å². The minimum atomic E-state index is -1.52. The fourth-order valence-corrected chi connectivity index (χ4v) is 10.9. The molecule has 288 valence electrons. The fourth-order valence-electron chi connectivity index (χ4n) is 10.6. The number of carbonyl (C=O) groups is 2. The van der Waals surface area contributed by atoms with E-state index in [9.17, 15) is 10.2 Å². The van der Waals surface area contributed by atoms with Gasteiger partial charge in [-0.05, 0) is 97.2 Å². The van der Waals surface area contributed by atoms with Crippen molar-refractivity contribution >= 4 is 40.7 Å². The van der Waals surface area contributed by atoms with E-state index < -0.39 is 47.0 Å². The van der Waals surface area contributed by atoms with Gasteiger partial charge >= 0.3 is 0 Å². The van der Waals surface area contributed by atoms with Crippen LogP contribution in [0.4, 0.5) is 10.1 Å². The van der Waals surface area contributed by atoms with Gasteiger partial charge in [-0.1, -0.05) is 116 Å². The molecule has 4 aromatic carbocycles. The molecule has 2 amide bonds. The molecule has 5 atom stereocenters. The number of fused-ring (bicyclic) bond motifs is 3. The third-order valence-corrected chi connectivity index (χ3v) is 13.8. The Hall–Kier alpha value is -3.79. The normalized spacial score (nSPS) is 28.1. The number of benzene rings is 4. The molecule has 55 heavy (non-hydrogen) atoms. The largest absolute Gasteiger partial charge is 0.393 e. The van der Waals surface area contributed by atoms with Gasteiger partial charge in [0.1, 0.15) is 11.2 Å². The van der Waals surface area contributed by atoms with Crippen molar-refractivity contribution in [2.24, 2.45) is 5.41 Å². The van der Waals surface area contributed by atoms with Crippen LogP contribution < -0.4 is 10.6 Å². The maximum atomic E-state index is 17.0. The van der Waals surface area contributed by atoms with Crippen molar-refractivity contribution in [3.63, 3.8) is 0 Å². The second-order valence-electron chi connectivity index (χ2n) is 16.8. The minimum Gasteiger partial charge on any atom is -0.393 e. The van der Waals surface area contributed by atoms with Crippen molar-refractivity contribution in [1.82, 2.24) is 10.2 Å². The Labute approximate surface area is 332 Å². The minimum absolute atomic E-state index is 0.0869. The highest BCUT2D eigenvalue weighted by molar-refractivity contribution is 6.31. The Morgan fingerprint density at radius 2 is 1.51 bits per heavy atom. The predicted octanol–water partition coefficient (Wildman–Crippen LogP) is 9.02. The van der Waals surface area contributed by atoms with Crippen molar-refractivity contribution in [3.05, 3.63) is 135 Å². The molecule has 8 rings (SSSR count). The van der Waals surface area contributed by atoms with Gasteiger partial charge in [0.25, 0.3) is 0 Å². The number of aliphatic hydroxyl groups is 2. The van der Waals surface area contributed by atoms with Gasteiger partial charge in [-0.3, -0.25) is 14.5 Å². The van der Waals surface area contributed by atoms with E-state index in [0.717, 1.165) is 5.56 Å². The highest BCUT2D eigenvalue weighted by Crippen LogP contribution is 2.70. The van der Waals surface area contributed by atoms with E-state index in [1.54, 1.807) is 24.3 Å². The zero-order valence-corrected chi connectivity index (χ0v) is 32.7. The first-order valence-electron chi connectivity index (χ1n) is 19.5. The van der Waals surface area contributed by atoms with Crippen LogP contribution >= 0.6 is 23.2 Å². The predicted molar refractivity (Wildman–Crippen MR) is 214 cm³/mol. The van der Waals surface area contributed by atoms with E-state index in [1.807, 2.05) is 66.7 Å². The average molecular weight is 785 g/mol. The number of likely N-dealkylation sites (tertiary alicyclic amines) is 1. The van der Waals surface area contributed by atoms with Crippen LogP contribution in [0.3, 0.4) is 0 Å². The van der Waals surface area contributed by atoms with Crippen LogP contribution in [0, 0.1) is 11.2 Å². The molecular formula is C45H48Cl2FN3O4. The van der Waals surface area contributed by atoms with Gasteiger partial charge in [-0.2, -0.15) is 0 Å². The molecule has 0 bridgehead atoms. The first-order valence-corrected chi connectivity index (χ1v) is 20.2. The second kappa shape index (κ2) is 14.6. The number of hydrogen-bond acceptors (Lipinski definition) is 5. The molecule has 0 unspecified atom stereocenters. The number of halogens is 3. The van der Waals surface area contributed by atoms with E-state index in [2.05, 4.69) is 29.4 Å². The smallest absolute Gasteiger partial charge is 0.238 e. The van der Waals surface area contributed by atoms with Crippen LogP contribution in [0.1, 0.15) is 106 Å². The van der Waals surface area contributed by atoms with Crippen molar-refractivity contribution < 1.29 is 24.2 Å². The first kappa shape index (κ1) is 38.1. The van der Waals surface area contributed by atoms with Crippen LogP contribution in [0.2, 0.25) is 10.0 Å². The summed E-state index contributed by atoms with van der Waals surface area (Å²) in [6.45, 7) is 4.44. The van der Waals surface area contributed by atoms with E-state index >= 15 is 14.0 Å². The third kappa shape index (κ3) is 6.29. The van der Waals surface area contributed by atoms with E-state index in [1.165, 1.54) is 6.07 Å². The Morgan fingerprint density at radius 3 is 2.16 bits per heavy atom. The summed E-state index contributed by atoms with van der Waals surface area (Å²) in [6, 6.07) is 27.0. The molecule has 2 aliphatic carbocycles. The van der Waals surface area contributed by atoms with Crippen LogP contribution in [0.25, 0.3) is 0 Å². The van der Waals surface area contributed by atoms with E-state index in [4.69, 9.17) is 23.2 Å². The summed E-state index contributed by atoms with van der Waals surface area (Å²) in [5.74, 6) is -2.47. The van der Waals surface area contributed by atoms with Gasteiger partial charge in [0.2, 0.25) is 11.8 Å². The molecule has 0 radical (unpaired) electrons. The van der Waals surface area contributed by atoms with Gasteiger partial charge in [-0.15, -0.1) is 0 Å². The Morgan fingerprint density at radius 1 is 0.873 bits per heavy atom. The Bertz CT molecular complexity index is 2070. The Kier molecular flexibility index (Phi) is 10.1. The second-order valence-corrected chi connectivity index (χ2v) is 17.7. The number of hydrogen-bond donors (Lipinski definition) is 4. The zero-order valence-electron chi connectivity index (χ0n) is 31.2. The number of nitrogens with one attached hydrogen (secondary N) is 2. The van der Waals surface area contributed by atoms with Crippen molar-refractivity contribution in [2.45, 2.75) is 112 Å². The van der Waals surface area contributed by atoms with Crippen LogP contribution in [0.15, 0.2) is 97.1 Å². The molecule has 0 aromatic heterocycles. The zero-order chi connectivity index (χ0) is 38.7. The molecule has 4 aromatic rings. The van der Waals surface area contributed by atoms with Crippen molar-refractivity contribution in [3.8, 4) is 0 Å². The number of aliphatic hydroxyl groups excluding tert-OH is 2.